The van der Waals surface area contributed by atoms with Gasteiger partial charge in [0.1, 0.15) is 11.5 Å². The van der Waals surface area contributed by atoms with Crippen LogP contribution in [-0.4, -0.2) is 66.1 Å². The molecule has 10 nitrogen and oxygen atoms in total. The normalized spacial score (nSPS) is 13.8. The average molecular weight is 510 g/mol. The number of hydrogen-bond donors (Lipinski definition) is 0. The Bertz CT molecular complexity index is 1180. The topological polar surface area (TPSA) is 115 Å². The highest BCUT2D eigenvalue weighted by Gasteiger charge is 2.29. The third-order valence-electron chi connectivity index (χ3n) is 6.38. The minimum atomic E-state index is -0.367. The van der Waals surface area contributed by atoms with E-state index in [9.17, 15) is 14.4 Å². The van der Waals surface area contributed by atoms with Crippen molar-refractivity contribution in [3.63, 3.8) is 0 Å². The number of carbonyl (C=O) groups is 3. The van der Waals surface area contributed by atoms with E-state index in [1.807, 2.05) is 12.1 Å². The zero-order valence-electron chi connectivity index (χ0n) is 21.1. The molecule has 3 heterocycles. The van der Waals surface area contributed by atoms with Crippen LogP contribution in [0.5, 0.6) is 5.75 Å². The van der Waals surface area contributed by atoms with Crippen molar-refractivity contribution in [1.82, 2.24) is 15.0 Å². The highest BCUT2D eigenvalue weighted by atomic mass is 16.5. The number of esters is 1. The van der Waals surface area contributed by atoms with Gasteiger partial charge in [-0.05, 0) is 56.2 Å². The zero-order chi connectivity index (χ0) is 26.2. The second-order valence-corrected chi connectivity index (χ2v) is 8.77. The predicted octanol–water partition coefficient (Wildman–Crippen LogP) is 3.78. The van der Waals surface area contributed by atoms with Crippen molar-refractivity contribution < 1.29 is 32.8 Å². The first-order valence-electron chi connectivity index (χ1n) is 12.4. The number of methoxy groups -OCH3 is 1. The molecule has 196 valence electrons. The molecule has 10 heteroatoms. The van der Waals surface area contributed by atoms with E-state index >= 15 is 0 Å². The van der Waals surface area contributed by atoms with Crippen LogP contribution in [0.3, 0.4) is 0 Å². The summed E-state index contributed by atoms with van der Waals surface area (Å²) in [4.78, 5) is 41.5. The van der Waals surface area contributed by atoms with Crippen LogP contribution in [0.1, 0.15) is 42.4 Å². The molecule has 0 saturated carbocycles. The van der Waals surface area contributed by atoms with E-state index in [2.05, 4.69) is 5.16 Å². The van der Waals surface area contributed by atoms with E-state index in [0.29, 0.717) is 49.8 Å². The summed E-state index contributed by atoms with van der Waals surface area (Å²) < 4.78 is 21.1. The predicted molar refractivity (Wildman–Crippen MR) is 132 cm³/mol. The van der Waals surface area contributed by atoms with Crippen LogP contribution in [-0.2, 0) is 20.9 Å². The van der Waals surface area contributed by atoms with Crippen molar-refractivity contribution in [2.75, 3.05) is 33.4 Å². The molecule has 0 bridgehead atoms. The van der Waals surface area contributed by atoms with E-state index in [-0.39, 0.29) is 48.9 Å². The third kappa shape index (κ3) is 6.58. The van der Waals surface area contributed by atoms with Gasteiger partial charge in [-0.3, -0.25) is 14.4 Å². The second-order valence-electron chi connectivity index (χ2n) is 8.77. The van der Waals surface area contributed by atoms with Crippen LogP contribution in [0.15, 0.2) is 57.7 Å². The van der Waals surface area contributed by atoms with Crippen molar-refractivity contribution >= 4 is 17.8 Å². The Balaban J connectivity index is 1.39. The summed E-state index contributed by atoms with van der Waals surface area (Å²) in [5, 5.41) is 3.97. The fourth-order valence-electron chi connectivity index (χ4n) is 4.29. The number of likely N-dealkylation sites (tertiary alicyclic amines) is 1. The lowest BCUT2D eigenvalue weighted by atomic mass is 9.97. The summed E-state index contributed by atoms with van der Waals surface area (Å²) >= 11 is 0. The van der Waals surface area contributed by atoms with Gasteiger partial charge in [0.2, 0.25) is 5.91 Å². The molecule has 0 radical (unpaired) electrons. The zero-order valence-corrected chi connectivity index (χ0v) is 21.1. The number of hydrogen-bond acceptors (Lipinski definition) is 8. The Morgan fingerprint density at radius 2 is 1.89 bits per heavy atom. The van der Waals surface area contributed by atoms with E-state index in [0.717, 1.165) is 5.56 Å². The maximum absolute atomic E-state index is 13.3. The summed E-state index contributed by atoms with van der Waals surface area (Å²) in [6, 6.07) is 12.3. The molecule has 4 rings (SSSR count). The van der Waals surface area contributed by atoms with Crippen LogP contribution in [0.4, 0.5) is 0 Å². The summed E-state index contributed by atoms with van der Waals surface area (Å²) in [6.45, 7) is 3.48. The molecule has 2 amide bonds. The minimum Gasteiger partial charge on any atom is -0.497 e. The van der Waals surface area contributed by atoms with Crippen molar-refractivity contribution in [2.45, 2.75) is 32.7 Å². The Hall–Kier alpha value is -4.08. The Morgan fingerprint density at radius 1 is 1.14 bits per heavy atom. The molecule has 0 N–H and O–H groups in total. The molecule has 0 unspecified atom stereocenters. The quantitative estimate of drug-likeness (QED) is 0.379. The maximum Gasteiger partial charge on any atom is 0.309 e. The maximum atomic E-state index is 13.3. The minimum absolute atomic E-state index is 0.0707. The number of piperidine rings is 1. The lowest BCUT2D eigenvalue weighted by molar-refractivity contribution is -0.151. The summed E-state index contributed by atoms with van der Waals surface area (Å²) in [5.41, 5.74) is 0.895. The van der Waals surface area contributed by atoms with Gasteiger partial charge < -0.3 is 28.2 Å². The number of rotatable bonds is 10. The molecule has 1 aliphatic rings. The lowest BCUT2D eigenvalue weighted by Crippen LogP contribution is -2.42. The Labute approximate surface area is 215 Å². The summed E-state index contributed by atoms with van der Waals surface area (Å²) in [6.07, 6.45) is 2.83. The summed E-state index contributed by atoms with van der Waals surface area (Å²) in [5.74, 6) is 0.935. The fraction of sp³-hybridized carbons (Fsp3) is 0.407. The number of furan rings is 1. The van der Waals surface area contributed by atoms with Gasteiger partial charge in [-0.15, -0.1) is 0 Å². The number of carbonyl (C=O) groups excluding carboxylic acids is 3. The number of aromatic nitrogens is 1. The molecular formula is C27H31N3O7. The number of nitrogens with zero attached hydrogens (tertiary/aromatic N) is 3. The van der Waals surface area contributed by atoms with Gasteiger partial charge in [-0.1, -0.05) is 5.16 Å². The van der Waals surface area contributed by atoms with Gasteiger partial charge in [0.05, 0.1) is 32.4 Å². The average Bonchev–Trinajstić information content (AvgIpc) is 3.63. The largest absolute Gasteiger partial charge is 0.497 e. The number of ether oxygens (including phenoxy) is 2. The van der Waals surface area contributed by atoms with Gasteiger partial charge in [0.15, 0.2) is 11.5 Å². The Kier molecular flexibility index (Phi) is 8.60. The van der Waals surface area contributed by atoms with Gasteiger partial charge in [0, 0.05) is 37.7 Å². The molecule has 0 spiro atoms. The molecule has 1 aliphatic heterocycles. The van der Waals surface area contributed by atoms with Crippen molar-refractivity contribution in [1.29, 1.82) is 0 Å². The van der Waals surface area contributed by atoms with Crippen LogP contribution in [0.2, 0.25) is 0 Å². The van der Waals surface area contributed by atoms with Crippen LogP contribution in [0, 0.1) is 5.92 Å². The van der Waals surface area contributed by atoms with E-state index < -0.39 is 0 Å². The van der Waals surface area contributed by atoms with Crippen molar-refractivity contribution in [2.24, 2.45) is 5.92 Å². The third-order valence-corrected chi connectivity index (χ3v) is 6.38. The molecule has 1 saturated heterocycles. The number of amides is 2. The molecule has 1 fully saturated rings. The molecule has 1 aromatic carbocycles. The Morgan fingerprint density at radius 3 is 2.54 bits per heavy atom. The van der Waals surface area contributed by atoms with Crippen LogP contribution in [0.25, 0.3) is 11.3 Å². The first-order valence-corrected chi connectivity index (χ1v) is 12.4. The van der Waals surface area contributed by atoms with Crippen molar-refractivity contribution in [3.8, 4) is 17.1 Å². The van der Waals surface area contributed by atoms with E-state index in [4.69, 9.17) is 18.4 Å². The van der Waals surface area contributed by atoms with Gasteiger partial charge >= 0.3 is 5.97 Å². The highest BCUT2D eigenvalue weighted by molar-refractivity contribution is 5.93. The fourth-order valence-corrected chi connectivity index (χ4v) is 4.29. The van der Waals surface area contributed by atoms with E-state index in [1.54, 1.807) is 49.3 Å². The van der Waals surface area contributed by atoms with Crippen molar-refractivity contribution in [3.05, 3.63) is 60.2 Å². The van der Waals surface area contributed by atoms with Gasteiger partial charge in [-0.25, -0.2) is 0 Å². The molecular weight excluding hydrogens is 478 g/mol. The molecule has 37 heavy (non-hydrogen) atoms. The monoisotopic (exact) mass is 509 g/mol. The van der Waals surface area contributed by atoms with Crippen LogP contribution >= 0.6 is 0 Å². The number of benzene rings is 1. The first-order chi connectivity index (χ1) is 18.0. The molecule has 3 aromatic rings. The lowest BCUT2D eigenvalue weighted by Gasteiger charge is -2.31. The smallest absolute Gasteiger partial charge is 0.309 e. The highest BCUT2D eigenvalue weighted by Crippen LogP contribution is 2.24. The van der Waals surface area contributed by atoms with Gasteiger partial charge in [-0.2, -0.15) is 0 Å². The summed E-state index contributed by atoms with van der Waals surface area (Å²) in [7, 11) is 1.59. The SMILES string of the molecule is CCOC(=O)C1CCN(C(=O)CCN(Cc2ccco2)C(=O)c2cc(-c3ccc(OC)cc3)on2)CC1. The molecule has 0 atom stereocenters. The van der Waals surface area contributed by atoms with E-state index in [1.165, 1.54) is 11.2 Å². The standard InChI is InChI=1S/C27H31N3O7/c1-3-35-27(33)20-10-13-29(14-11-20)25(31)12-15-30(18-22-5-4-16-36-22)26(32)23-17-24(37-28-23)19-6-8-21(34-2)9-7-19/h4-9,16-17,20H,3,10-15,18H2,1-2H3. The molecule has 0 aliphatic carbocycles. The van der Waals surface area contributed by atoms with Crippen LogP contribution < -0.4 is 4.74 Å². The second kappa shape index (κ2) is 12.2. The van der Waals surface area contributed by atoms with Gasteiger partial charge in [0.25, 0.3) is 5.91 Å². The first kappa shape index (κ1) is 26.0. The molecule has 2 aromatic heterocycles.